The van der Waals surface area contributed by atoms with E-state index in [2.05, 4.69) is 15.0 Å². The number of rotatable bonds is 2. The second-order valence-electron chi connectivity index (χ2n) is 5.78. The summed E-state index contributed by atoms with van der Waals surface area (Å²) in [5.74, 6) is 0. The fraction of sp³-hybridized carbons (Fsp3) is 0.333. The van der Waals surface area contributed by atoms with Crippen molar-refractivity contribution in [3.63, 3.8) is 0 Å². The largest absolute Gasteiger partial charge is 0.394 e. The zero-order chi connectivity index (χ0) is 17.7. The Morgan fingerprint density at radius 1 is 1.28 bits per heavy atom. The minimum atomic E-state index is -1.89. The van der Waals surface area contributed by atoms with E-state index in [0.29, 0.717) is 10.8 Å². The number of fused-ring (bicyclic) bond motifs is 2. The number of H-pyrrole nitrogens is 1. The Bertz CT molecular complexity index is 1080. The van der Waals surface area contributed by atoms with Crippen LogP contribution in [0.1, 0.15) is 6.23 Å². The van der Waals surface area contributed by atoms with E-state index in [1.807, 2.05) is 0 Å². The van der Waals surface area contributed by atoms with Gasteiger partial charge in [-0.05, 0) is 12.1 Å². The monoisotopic (exact) mass is 348 g/mol. The molecule has 4 atom stereocenters. The number of halogens is 1. The van der Waals surface area contributed by atoms with Crippen LogP contribution in [0, 0.1) is 0 Å². The summed E-state index contributed by atoms with van der Waals surface area (Å²) >= 11 is 0. The summed E-state index contributed by atoms with van der Waals surface area (Å²) in [5.41, 5.74) is -0.795. The minimum Gasteiger partial charge on any atom is -0.394 e. The SMILES string of the molecule is O=c1ccc2cc3cn(C4OC(CO)C(O)C4F)c(=O)nc3nc2[nH]1. The van der Waals surface area contributed by atoms with E-state index < -0.39 is 36.9 Å². The van der Waals surface area contributed by atoms with E-state index in [-0.39, 0.29) is 16.9 Å². The maximum atomic E-state index is 14.3. The van der Waals surface area contributed by atoms with Crippen molar-refractivity contribution >= 4 is 22.1 Å². The molecule has 0 saturated carbocycles. The van der Waals surface area contributed by atoms with Gasteiger partial charge in [-0.1, -0.05) is 0 Å². The normalized spacial score (nSPS) is 26.5. The topological polar surface area (TPSA) is 130 Å². The predicted molar refractivity (Wildman–Crippen MR) is 83.8 cm³/mol. The lowest BCUT2D eigenvalue weighted by Crippen LogP contribution is -2.33. The highest BCUT2D eigenvalue weighted by Gasteiger charge is 2.45. The zero-order valence-corrected chi connectivity index (χ0v) is 12.7. The van der Waals surface area contributed by atoms with Crippen LogP contribution in [0.15, 0.2) is 34.0 Å². The highest BCUT2D eigenvalue weighted by molar-refractivity contribution is 5.88. The van der Waals surface area contributed by atoms with Crippen molar-refractivity contribution in [2.45, 2.75) is 24.6 Å². The van der Waals surface area contributed by atoms with Gasteiger partial charge >= 0.3 is 5.69 Å². The number of pyridine rings is 2. The molecule has 3 aromatic rings. The first-order chi connectivity index (χ1) is 12.0. The van der Waals surface area contributed by atoms with Crippen LogP contribution in [0.4, 0.5) is 4.39 Å². The molecule has 0 amide bonds. The first kappa shape index (κ1) is 15.8. The van der Waals surface area contributed by atoms with Crippen LogP contribution >= 0.6 is 0 Å². The number of nitrogens with one attached hydrogen (secondary N) is 1. The number of nitrogens with zero attached hydrogens (tertiary/aromatic N) is 3. The fourth-order valence-electron chi connectivity index (χ4n) is 2.89. The Morgan fingerprint density at radius 3 is 2.80 bits per heavy atom. The summed E-state index contributed by atoms with van der Waals surface area (Å²) in [7, 11) is 0. The Balaban J connectivity index is 1.87. The molecule has 1 aliphatic rings. The number of aliphatic hydroxyl groups is 2. The maximum Gasteiger partial charge on any atom is 0.351 e. The van der Waals surface area contributed by atoms with E-state index in [1.165, 1.54) is 12.3 Å². The van der Waals surface area contributed by atoms with Gasteiger partial charge in [0, 0.05) is 23.0 Å². The van der Waals surface area contributed by atoms with E-state index in [1.54, 1.807) is 12.1 Å². The Kier molecular flexibility index (Phi) is 3.60. The number of aromatic nitrogens is 4. The van der Waals surface area contributed by atoms with Crippen LogP contribution in [0.5, 0.6) is 0 Å². The standard InChI is InChI=1S/C15H13FN4O5/c16-10-11(23)8(5-21)25-14(10)20-4-7-3-6-1-2-9(22)17-12(6)18-13(7)19-15(20)24/h1-4,8,10-11,14,21,23H,5H2,(H,17,18,19,22,24). The second-order valence-corrected chi connectivity index (χ2v) is 5.78. The van der Waals surface area contributed by atoms with Crippen molar-refractivity contribution in [2.75, 3.05) is 6.61 Å². The molecule has 3 aromatic heterocycles. The third kappa shape index (κ3) is 2.51. The Labute approximate surface area is 138 Å². The third-order valence-electron chi connectivity index (χ3n) is 4.16. The average Bonchev–Trinajstić information content (AvgIpc) is 2.87. The van der Waals surface area contributed by atoms with Crippen LogP contribution in [0.2, 0.25) is 0 Å². The molecule has 0 aliphatic carbocycles. The number of ether oxygens (including phenoxy) is 1. The van der Waals surface area contributed by atoms with Gasteiger partial charge in [0.1, 0.15) is 17.9 Å². The van der Waals surface area contributed by atoms with Crippen molar-refractivity contribution in [1.29, 1.82) is 0 Å². The molecule has 1 fully saturated rings. The molecule has 130 valence electrons. The van der Waals surface area contributed by atoms with Gasteiger partial charge in [0.2, 0.25) is 5.56 Å². The first-order valence-corrected chi connectivity index (χ1v) is 7.49. The van der Waals surface area contributed by atoms with Gasteiger partial charge in [0.25, 0.3) is 0 Å². The minimum absolute atomic E-state index is 0.0864. The average molecular weight is 348 g/mol. The third-order valence-corrected chi connectivity index (χ3v) is 4.16. The molecule has 10 heteroatoms. The lowest BCUT2D eigenvalue weighted by molar-refractivity contribution is -0.0489. The smallest absolute Gasteiger partial charge is 0.351 e. The quantitative estimate of drug-likeness (QED) is 0.518. The summed E-state index contributed by atoms with van der Waals surface area (Å²) in [5, 5.41) is 19.9. The predicted octanol–water partition coefficient (Wildman–Crippen LogP) is -0.778. The molecule has 1 aliphatic heterocycles. The lowest BCUT2D eigenvalue weighted by atomic mass is 10.1. The molecule has 3 N–H and O–H groups in total. The molecule has 0 radical (unpaired) electrons. The summed E-state index contributed by atoms with van der Waals surface area (Å²) in [6.45, 7) is -0.576. The van der Waals surface area contributed by atoms with Crippen LogP contribution in [-0.2, 0) is 4.74 Å². The van der Waals surface area contributed by atoms with Gasteiger partial charge in [0.05, 0.1) is 6.61 Å². The highest BCUT2D eigenvalue weighted by Crippen LogP contribution is 2.31. The molecular weight excluding hydrogens is 335 g/mol. The van der Waals surface area contributed by atoms with Gasteiger partial charge in [0.15, 0.2) is 18.0 Å². The molecule has 0 bridgehead atoms. The van der Waals surface area contributed by atoms with E-state index >= 15 is 0 Å². The van der Waals surface area contributed by atoms with E-state index in [4.69, 9.17) is 9.84 Å². The summed E-state index contributed by atoms with van der Waals surface area (Å²) < 4.78 is 20.4. The van der Waals surface area contributed by atoms with Crippen molar-refractivity contribution in [3.05, 3.63) is 45.2 Å². The fourth-order valence-corrected chi connectivity index (χ4v) is 2.89. The number of hydrogen-bond donors (Lipinski definition) is 3. The zero-order valence-electron chi connectivity index (χ0n) is 12.7. The molecular formula is C15H13FN4O5. The molecule has 4 heterocycles. The number of aromatic amines is 1. The first-order valence-electron chi connectivity index (χ1n) is 7.49. The van der Waals surface area contributed by atoms with Gasteiger partial charge in [-0.15, -0.1) is 0 Å². The van der Waals surface area contributed by atoms with Crippen molar-refractivity contribution < 1.29 is 19.3 Å². The van der Waals surface area contributed by atoms with E-state index in [0.717, 1.165) is 4.57 Å². The van der Waals surface area contributed by atoms with Crippen LogP contribution in [-0.4, -0.2) is 54.7 Å². The van der Waals surface area contributed by atoms with Crippen molar-refractivity contribution in [2.24, 2.45) is 0 Å². The summed E-state index contributed by atoms with van der Waals surface area (Å²) in [6.07, 6.45) is -4.63. The second kappa shape index (κ2) is 5.69. The molecule has 25 heavy (non-hydrogen) atoms. The number of hydrogen-bond acceptors (Lipinski definition) is 7. The molecule has 4 unspecified atom stereocenters. The Morgan fingerprint density at radius 2 is 2.08 bits per heavy atom. The lowest BCUT2D eigenvalue weighted by Gasteiger charge is -2.16. The Hall–Kier alpha value is -2.69. The van der Waals surface area contributed by atoms with Crippen molar-refractivity contribution in [1.82, 2.24) is 19.5 Å². The molecule has 9 nitrogen and oxygen atoms in total. The van der Waals surface area contributed by atoms with Gasteiger partial charge < -0.3 is 19.9 Å². The summed E-state index contributed by atoms with van der Waals surface area (Å²) in [6, 6.07) is 4.53. The van der Waals surface area contributed by atoms with Crippen LogP contribution in [0.25, 0.3) is 22.1 Å². The van der Waals surface area contributed by atoms with Gasteiger partial charge in [-0.25, -0.2) is 14.2 Å². The molecule has 1 saturated heterocycles. The molecule has 4 rings (SSSR count). The maximum absolute atomic E-state index is 14.3. The number of alkyl halides is 1. The number of aliphatic hydroxyl groups excluding tert-OH is 2. The van der Waals surface area contributed by atoms with Gasteiger partial charge in [-0.3, -0.25) is 9.36 Å². The van der Waals surface area contributed by atoms with E-state index in [9.17, 15) is 19.1 Å². The molecule has 0 aromatic carbocycles. The highest BCUT2D eigenvalue weighted by atomic mass is 19.1. The summed E-state index contributed by atoms with van der Waals surface area (Å²) in [4.78, 5) is 34.0. The van der Waals surface area contributed by atoms with Gasteiger partial charge in [-0.2, -0.15) is 4.98 Å². The van der Waals surface area contributed by atoms with Crippen LogP contribution < -0.4 is 11.2 Å². The molecule has 0 spiro atoms. The van der Waals surface area contributed by atoms with Crippen LogP contribution in [0.3, 0.4) is 0 Å². The van der Waals surface area contributed by atoms with Crippen molar-refractivity contribution in [3.8, 4) is 0 Å².